The highest BCUT2D eigenvalue weighted by Gasteiger charge is 2.03. The summed E-state index contributed by atoms with van der Waals surface area (Å²) in [5.74, 6) is 0.639. The van der Waals surface area contributed by atoms with Gasteiger partial charge in [-0.15, -0.1) is 23.4 Å². The van der Waals surface area contributed by atoms with Gasteiger partial charge < -0.3 is 5.32 Å². The fourth-order valence-electron chi connectivity index (χ4n) is 1.27. The molecule has 4 heteroatoms. The molecule has 16 heavy (non-hydrogen) atoms. The summed E-state index contributed by atoms with van der Waals surface area (Å²) in [6, 6.07) is 7.61. The molecule has 0 aliphatic heterocycles. The second-order valence-electron chi connectivity index (χ2n) is 3.38. The van der Waals surface area contributed by atoms with Crippen LogP contribution in [0.2, 0.25) is 0 Å². The number of rotatable bonds is 6. The number of halogens is 1. The molecule has 1 rings (SSSR count). The molecule has 0 aliphatic rings. The highest BCUT2D eigenvalue weighted by molar-refractivity contribution is 7.98. The Kier molecular flexibility index (Phi) is 6.34. The van der Waals surface area contributed by atoms with Crippen LogP contribution in [0.5, 0.6) is 0 Å². The van der Waals surface area contributed by atoms with Crippen LogP contribution in [-0.2, 0) is 0 Å². The summed E-state index contributed by atoms with van der Waals surface area (Å²) in [4.78, 5) is 12.8. The van der Waals surface area contributed by atoms with Gasteiger partial charge in [0.05, 0.1) is 0 Å². The fraction of sp³-hybridized carbons (Fsp3) is 0.417. The maximum absolute atomic E-state index is 11.7. The van der Waals surface area contributed by atoms with Gasteiger partial charge in [-0.3, -0.25) is 4.79 Å². The molecule has 0 radical (unpaired) electrons. The number of hydrogen-bond donors (Lipinski definition) is 1. The first-order valence-electron chi connectivity index (χ1n) is 5.26. The van der Waals surface area contributed by atoms with Gasteiger partial charge in [0, 0.05) is 22.9 Å². The zero-order valence-corrected chi connectivity index (χ0v) is 10.9. The third kappa shape index (κ3) is 4.45. The van der Waals surface area contributed by atoms with E-state index in [9.17, 15) is 4.79 Å². The minimum absolute atomic E-state index is 0.0118. The molecule has 2 nitrogen and oxygen atoms in total. The van der Waals surface area contributed by atoms with E-state index >= 15 is 0 Å². The van der Waals surface area contributed by atoms with E-state index < -0.39 is 0 Å². The Morgan fingerprint density at radius 3 is 2.56 bits per heavy atom. The maximum Gasteiger partial charge on any atom is 0.251 e. The molecule has 1 aromatic rings. The second-order valence-corrected chi connectivity index (χ2v) is 4.64. The third-order valence-electron chi connectivity index (χ3n) is 2.20. The zero-order chi connectivity index (χ0) is 11.8. The van der Waals surface area contributed by atoms with Crippen LogP contribution in [0.1, 0.15) is 23.2 Å². The van der Waals surface area contributed by atoms with Crippen LogP contribution in [0, 0.1) is 0 Å². The van der Waals surface area contributed by atoms with Crippen LogP contribution in [-0.4, -0.2) is 24.6 Å². The molecule has 0 unspecified atom stereocenters. The van der Waals surface area contributed by atoms with Crippen molar-refractivity contribution in [3.05, 3.63) is 29.8 Å². The number of nitrogens with one attached hydrogen (secondary N) is 1. The van der Waals surface area contributed by atoms with Crippen LogP contribution < -0.4 is 5.32 Å². The van der Waals surface area contributed by atoms with Crippen molar-refractivity contribution in [2.24, 2.45) is 0 Å². The van der Waals surface area contributed by atoms with E-state index in [1.807, 2.05) is 30.5 Å². The lowest BCUT2D eigenvalue weighted by Gasteiger charge is -2.04. The normalized spacial score (nSPS) is 10.1. The first-order chi connectivity index (χ1) is 7.77. The number of thioether (sulfide) groups is 1. The van der Waals surface area contributed by atoms with E-state index in [4.69, 9.17) is 11.6 Å². The van der Waals surface area contributed by atoms with Crippen molar-refractivity contribution in [2.75, 3.05) is 18.7 Å². The molecule has 1 aromatic carbocycles. The minimum Gasteiger partial charge on any atom is -0.352 e. The van der Waals surface area contributed by atoms with E-state index in [0.29, 0.717) is 18.0 Å². The minimum atomic E-state index is -0.0118. The predicted molar refractivity (Wildman–Crippen MR) is 70.5 cm³/mol. The van der Waals surface area contributed by atoms with Crippen LogP contribution in [0.15, 0.2) is 29.2 Å². The van der Waals surface area contributed by atoms with E-state index in [-0.39, 0.29) is 5.91 Å². The molecule has 0 atom stereocenters. The smallest absolute Gasteiger partial charge is 0.251 e. The fourth-order valence-corrected chi connectivity index (χ4v) is 1.86. The van der Waals surface area contributed by atoms with Gasteiger partial charge in [-0.1, -0.05) is 0 Å². The van der Waals surface area contributed by atoms with Crippen molar-refractivity contribution in [1.82, 2.24) is 5.32 Å². The third-order valence-corrected chi connectivity index (χ3v) is 3.21. The summed E-state index contributed by atoms with van der Waals surface area (Å²) in [7, 11) is 0. The van der Waals surface area contributed by atoms with E-state index in [0.717, 1.165) is 12.8 Å². The average Bonchev–Trinajstić information content (AvgIpc) is 2.34. The topological polar surface area (TPSA) is 29.1 Å². The van der Waals surface area contributed by atoms with Crippen molar-refractivity contribution in [3.8, 4) is 0 Å². The molecule has 1 amide bonds. The van der Waals surface area contributed by atoms with Crippen LogP contribution in [0.3, 0.4) is 0 Å². The molecule has 0 aliphatic carbocycles. The van der Waals surface area contributed by atoms with Gasteiger partial charge in [0.1, 0.15) is 0 Å². The van der Waals surface area contributed by atoms with Gasteiger partial charge in [0.25, 0.3) is 5.91 Å². The highest BCUT2D eigenvalue weighted by Crippen LogP contribution is 2.14. The molecule has 0 saturated carbocycles. The number of amides is 1. The summed E-state index contributed by atoms with van der Waals surface area (Å²) >= 11 is 7.22. The quantitative estimate of drug-likeness (QED) is 0.482. The Bertz CT molecular complexity index is 326. The lowest BCUT2D eigenvalue weighted by molar-refractivity contribution is 0.0953. The molecule has 0 spiro atoms. The largest absolute Gasteiger partial charge is 0.352 e. The summed E-state index contributed by atoms with van der Waals surface area (Å²) < 4.78 is 0. The van der Waals surface area contributed by atoms with E-state index in [1.165, 1.54) is 4.90 Å². The number of unbranched alkanes of at least 4 members (excludes halogenated alkanes) is 1. The van der Waals surface area contributed by atoms with Crippen molar-refractivity contribution in [2.45, 2.75) is 17.7 Å². The van der Waals surface area contributed by atoms with Gasteiger partial charge in [-0.05, 0) is 43.4 Å². The summed E-state index contributed by atoms with van der Waals surface area (Å²) in [5.41, 5.74) is 0.712. The molecule has 88 valence electrons. The predicted octanol–water partition coefficient (Wildman–Crippen LogP) is 3.16. The second kappa shape index (κ2) is 7.58. The van der Waals surface area contributed by atoms with Gasteiger partial charge in [-0.25, -0.2) is 0 Å². The van der Waals surface area contributed by atoms with Crippen molar-refractivity contribution >= 4 is 29.3 Å². The Morgan fingerprint density at radius 1 is 1.31 bits per heavy atom. The SMILES string of the molecule is CSc1ccc(C(=O)NCCCCCl)cc1. The Labute approximate surface area is 106 Å². The Morgan fingerprint density at radius 2 is 2.00 bits per heavy atom. The zero-order valence-electron chi connectivity index (χ0n) is 9.33. The Balaban J connectivity index is 2.40. The van der Waals surface area contributed by atoms with Gasteiger partial charge in [0.2, 0.25) is 0 Å². The Hall–Kier alpha value is -0.670. The number of carbonyl (C=O) groups is 1. The van der Waals surface area contributed by atoms with E-state index in [1.54, 1.807) is 11.8 Å². The molecule has 0 aromatic heterocycles. The maximum atomic E-state index is 11.7. The molecule has 0 bridgehead atoms. The average molecular weight is 258 g/mol. The van der Waals surface area contributed by atoms with Crippen molar-refractivity contribution < 1.29 is 4.79 Å². The van der Waals surface area contributed by atoms with Crippen molar-refractivity contribution in [1.29, 1.82) is 0 Å². The van der Waals surface area contributed by atoms with Crippen LogP contribution in [0.4, 0.5) is 0 Å². The van der Waals surface area contributed by atoms with Gasteiger partial charge in [-0.2, -0.15) is 0 Å². The number of alkyl halides is 1. The first-order valence-corrected chi connectivity index (χ1v) is 7.02. The monoisotopic (exact) mass is 257 g/mol. The molecule has 1 N–H and O–H groups in total. The van der Waals surface area contributed by atoms with Crippen molar-refractivity contribution in [3.63, 3.8) is 0 Å². The first kappa shape index (κ1) is 13.4. The number of carbonyl (C=O) groups excluding carboxylic acids is 1. The highest BCUT2D eigenvalue weighted by atomic mass is 35.5. The van der Waals surface area contributed by atoms with Crippen LogP contribution in [0.25, 0.3) is 0 Å². The lowest BCUT2D eigenvalue weighted by atomic mass is 10.2. The number of benzene rings is 1. The summed E-state index contributed by atoms with van der Waals surface area (Å²) in [6.45, 7) is 0.690. The molecule has 0 saturated heterocycles. The molecular weight excluding hydrogens is 242 g/mol. The van der Waals surface area contributed by atoms with Crippen LogP contribution >= 0.6 is 23.4 Å². The summed E-state index contributed by atoms with van der Waals surface area (Å²) in [5, 5.41) is 2.87. The van der Waals surface area contributed by atoms with E-state index in [2.05, 4.69) is 5.32 Å². The standard InChI is InChI=1S/C12H16ClNOS/c1-16-11-6-4-10(5-7-11)12(15)14-9-3-2-8-13/h4-7H,2-3,8-9H2,1H3,(H,14,15). The van der Waals surface area contributed by atoms with Gasteiger partial charge in [0.15, 0.2) is 0 Å². The number of hydrogen-bond acceptors (Lipinski definition) is 2. The molecule has 0 heterocycles. The molecular formula is C12H16ClNOS. The lowest BCUT2D eigenvalue weighted by Crippen LogP contribution is -2.24. The van der Waals surface area contributed by atoms with Gasteiger partial charge >= 0.3 is 0 Å². The summed E-state index contributed by atoms with van der Waals surface area (Å²) in [6.07, 6.45) is 3.88. The molecule has 0 fully saturated rings.